The van der Waals surface area contributed by atoms with Gasteiger partial charge in [-0.05, 0) is 30.9 Å². The van der Waals surface area contributed by atoms with E-state index >= 15 is 0 Å². The summed E-state index contributed by atoms with van der Waals surface area (Å²) in [7, 11) is 0. The molecule has 0 amide bonds. The van der Waals surface area contributed by atoms with Crippen molar-refractivity contribution < 1.29 is 14.3 Å². The Kier molecular flexibility index (Phi) is 7.82. The molecule has 3 rings (SSSR count). The molecule has 4 heteroatoms. The predicted octanol–water partition coefficient (Wildman–Crippen LogP) is 4.38. The molecule has 0 aliphatic carbocycles. The molecule has 0 N–H and O–H groups in total. The third kappa shape index (κ3) is 6.04. The third-order valence-corrected chi connectivity index (χ3v) is 5.00. The minimum Gasteiger partial charge on any atom is -0.463 e. The molecule has 0 unspecified atom stereocenters. The van der Waals surface area contributed by atoms with Gasteiger partial charge in [-0.1, -0.05) is 66.2 Å². The fourth-order valence-corrected chi connectivity index (χ4v) is 3.50. The van der Waals surface area contributed by atoms with Crippen molar-refractivity contribution in [3.8, 4) is 0 Å². The fourth-order valence-electron chi connectivity index (χ4n) is 3.50. The lowest BCUT2D eigenvalue weighted by Crippen LogP contribution is -2.34. The van der Waals surface area contributed by atoms with E-state index in [-0.39, 0.29) is 12.1 Å². The van der Waals surface area contributed by atoms with E-state index in [2.05, 4.69) is 53.4 Å². The van der Waals surface area contributed by atoms with Crippen LogP contribution < -0.4 is 0 Å². The van der Waals surface area contributed by atoms with Crippen molar-refractivity contribution in [3.05, 3.63) is 83.4 Å². The Hall–Kier alpha value is -2.43. The van der Waals surface area contributed by atoms with E-state index in [1.165, 1.54) is 16.7 Å². The second kappa shape index (κ2) is 10.8. The van der Waals surface area contributed by atoms with Crippen molar-refractivity contribution in [1.82, 2.24) is 4.90 Å². The Labute approximate surface area is 167 Å². The molecule has 1 fully saturated rings. The highest BCUT2D eigenvalue weighted by Gasteiger charge is 2.17. The Balaban J connectivity index is 1.51. The number of hydrogen-bond acceptors (Lipinski definition) is 4. The Morgan fingerprint density at radius 3 is 2.11 bits per heavy atom. The number of nitrogens with zero attached hydrogens (tertiary/aromatic N) is 1. The number of carbonyl (C=O) groups is 1. The first-order valence-corrected chi connectivity index (χ1v) is 10.1. The zero-order chi connectivity index (χ0) is 19.6. The molecule has 2 aromatic carbocycles. The Morgan fingerprint density at radius 2 is 1.57 bits per heavy atom. The van der Waals surface area contributed by atoms with Gasteiger partial charge in [-0.25, -0.2) is 4.79 Å². The maximum Gasteiger partial charge on any atom is 0.330 e. The molecule has 28 heavy (non-hydrogen) atoms. The zero-order valence-corrected chi connectivity index (χ0v) is 16.5. The lowest BCUT2D eigenvalue weighted by atomic mass is 10.0. The normalized spacial score (nSPS) is 14.9. The van der Waals surface area contributed by atoms with E-state index in [4.69, 9.17) is 9.47 Å². The molecule has 1 heterocycles. The summed E-state index contributed by atoms with van der Waals surface area (Å²) in [5, 5.41) is 0. The number of likely N-dealkylation sites (tertiary alicyclic amines) is 1. The van der Waals surface area contributed by atoms with Crippen LogP contribution in [0.2, 0.25) is 0 Å². The monoisotopic (exact) mass is 379 g/mol. The minimum atomic E-state index is -0.220. The second-order valence-electron chi connectivity index (χ2n) is 6.97. The first-order chi connectivity index (χ1) is 13.8. The van der Waals surface area contributed by atoms with Crippen LogP contribution in [0.1, 0.15) is 37.0 Å². The molecule has 148 valence electrons. The summed E-state index contributed by atoms with van der Waals surface area (Å²) >= 11 is 0. The molecule has 1 aliphatic rings. The van der Waals surface area contributed by atoms with Crippen molar-refractivity contribution in [1.29, 1.82) is 0 Å². The van der Waals surface area contributed by atoms with Gasteiger partial charge in [0.25, 0.3) is 0 Å². The van der Waals surface area contributed by atoms with Gasteiger partial charge in [0.2, 0.25) is 0 Å². The van der Waals surface area contributed by atoms with E-state index in [1.54, 1.807) is 6.08 Å². The molecular formula is C24H29NO3. The summed E-state index contributed by atoms with van der Waals surface area (Å²) < 4.78 is 11.3. The lowest BCUT2D eigenvalue weighted by molar-refractivity contribution is -0.137. The molecule has 4 nitrogen and oxygen atoms in total. The van der Waals surface area contributed by atoms with Gasteiger partial charge < -0.3 is 14.4 Å². The average molecular weight is 380 g/mol. The van der Waals surface area contributed by atoms with Crippen LogP contribution in [-0.4, -0.2) is 43.7 Å². The van der Waals surface area contributed by atoms with Gasteiger partial charge in [0.15, 0.2) is 0 Å². The largest absolute Gasteiger partial charge is 0.463 e. The van der Waals surface area contributed by atoms with Gasteiger partial charge >= 0.3 is 5.97 Å². The summed E-state index contributed by atoms with van der Waals surface area (Å²) in [4.78, 5) is 14.0. The number of piperidine rings is 1. The molecule has 2 aromatic rings. The van der Waals surface area contributed by atoms with Gasteiger partial charge in [-0.2, -0.15) is 0 Å². The standard InChI is InChI=1S/C24H29NO3/c1-2-27-23(26)19-20-13-15-25(16-14-20)17-18-28-24(21-9-5-3-6-10-21)22-11-7-4-8-12-22/h3-12,19,24H,2,13-18H2,1H3. The third-order valence-electron chi connectivity index (χ3n) is 5.00. The summed E-state index contributed by atoms with van der Waals surface area (Å²) in [6, 6.07) is 20.7. The first kappa shape index (κ1) is 20.3. The van der Waals surface area contributed by atoms with Gasteiger partial charge in [0.1, 0.15) is 6.10 Å². The smallest absolute Gasteiger partial charge is 0.330 e. The van der Waals surface area contributed by atoms with E-state index in [1.807, 2.05) is 19.1 Å². The van der Waals surface area contributed by atoms with E-state index in [9.17, 15) is 4.79 Å². The number of benzene rings is 2. The van der Waals surface area contributed by atoms with Gasteiger partial charge in [-0.15, -0.1) is 0 Å². The topological polar surface area (TPSA) is 38.8 Å². The maximum atomic E-state index is 11.6. The Morgan fingerprint density at radius 1 is 1.00 bits per heavy atom. The van der Waals surface area contributed by atoms with Crippen LogP contribution in [0.25, 0.3) is 0 Å². The summed E-state index contributed by atoms with van der Waals surface area (Å²) in [5.74, 6) is -0.220. The molecule has 1 aliphatic heterocycles. The minimum absolute atomic E-state index is 0.0496. The molecule has 0 aromatic heterocycles. The molecule has 0 saturated carbocycles. The molecule has 0 radical (unpaired) electrons. The summed E-state index contributed by atoms with van der Waals surface area (Å²) in [6.45, 7) is 5.73. The van der Waals surface area contributed by atoms with E-state index < -0.39 is 0 Å². The van der Waals surface area contributed by atoms with E-state index in [0.29, 0.717) is 13.2 Å². The predicted molar refractivity (Wildman–Crippen MR) is 111 cm³/mol. The van der Waals surface area contributed by atoms with Crippen LogP contribution in [-0.2, 0) is 14.3 Å². The molecule has 0 bridgehead atoms. The van der Waals surface area contributed by atoms with Crippen molar-refractivity contribution >= 4 is 5.97 Å². The summed E-state index contributed by atoms with van der Waals surface area (Å²) in [6.07, 6.45) is 3.45. The van der Waals surface area contributed by atoms with Crippen molar-refractivity contribution in [2.45, 2.75) is 25.9 Å². The fraction of sp³-hybridized carbons (Fsp3) is 0.375. The number of esters is 1. The van der Waals surface area contributed by atoms with E-state index in [0.717, 1.165) is 32.5 Å². The SMILES string of the molecule is CCOC(=O)C=C1CCN(CCOC(c2ccccc2)c2ccccc2)CC1. The van der Waals surface area contributed by atoms with Crippen molar-refractivity contribution in [3.63, 3.8) is 0 Å². The highest BCUT2D eigenvalue weighted by Crippen LogP contribution is 2.26. The maximum absolute atomic E-state index is 11.6. The molecule has 0 spiro atoms. The van der Waals surface area contributed by atoms with Gasteiger partial charge in [0.05, 0.1) is 13.2 Å². The Bertz CT molecular complexity index is 708. The summed E-state index contributed by atoms with van der Waals surface area (Å²) in [5.41, 5.74) is 3.53. The van der Waals surface area contributed by atoms with Crippen LogP contribution >= 0.6 is 0 Å². The average Bonchev–Trinajstić information content (AvgIpc) is 2.74. The number of carbonyl (C=O) groups excluding carboxylic acids is 1. The highest BCUT2D eigenvalue weighted by molar-refractivity contribution is 5.82. The van der Waals surface area contributed by atoms with Crippen LogP contribution in [0.3, 0.4) is 0 Å². The molecule has 0 atom stereocenters. The van der Waals surface area contributed by atoms with Gasteiger partial charge in [0, 0.05) is 25.7 Å². The molecular weight excluding hydrogens is 350 g/mol. The highest BCUT2D eigenvalue weighted by atomic mass is 16.5. The van der Waals surface area contributed by atoms with Crippen molar-refractivity contribution in [2.24, 2.45) is 0 Å². The lowest BCUT2D eigenvalue weighted by Gasteiger charge is -2.29. The molecule has 1 saturated heterocycles. The first-order valence-electron chi connectivity index (χ1n) is 10.1. The van der Waals surface area contributed by atoms with Crippen LogP contribution in [0.5, 0.6) is 0 Å². The number of hydrogen-bond donors (Lipinski definition) is 0. The van der Waals surface area contributed by atoms with Crippen LogP contribution in [0.4, 0.5) is 0 Å². The quantitative estimate of drug-likeness (QED) is 0.504. The number of ether oxygens (including phenoxy) is 2. The van der Waals surface area contributed by atoms with Crippen LogP contribution in [0.15, 0.2) is 72.3 Å². The van der Waals surface area contributed by atoms with Crippen molar-refractivity contribution in [2.75, 3.05) is 32.8 Å². The zero-order valence-electron chi connectivity index (χ0n) is 16.5. The van der Waals surface area contributed by atoms with Crippen LogP contribution in [0, 0.1) is 0 Å². The van der Waals surface area contributed by atoms with Gasteiger partial charge in [-0.3, -0.25) is 0 Å². The number of rotatable bonds is 8. The second-order valence-corrected chi connectivity index (χ2v) is 6.97.